The van der Waals surface area contributed by atoms with Crippen LogP contribution in [0.2, 0.25) is 0 Å². The van der Waals surface area contributed by atoms with Gasteiger partial charge in [0.05, 0.1) is 0 Å². The number of hydrogen-bond acceptors (Lipinski definition) is 3. The van der Waals surface area contributed by atoms with Crippen molar-refractivity contribution in [2.45, 2.75) is 51.5 Å². The molecule has 1 aromatic carbocycles. The summed E-state index contributed by atoms with van der Waals surface area (Å²) in [5.74, 6) is 1.26. The van der Waals surface area contributed by atoms with Crippen LogP contribution in [0.15, 0.2) is 24.5 Å². The summed E-state index contributed by atoms with van der Waals surface area (Å²) in [5, 5.41) is 11.4. The van der Waals surface area contributed by atoms with Gasteiger partial charge in [-0.05, 0) is 62.3 Å². The van der Waals surface area contributed by atoms with Crippen molar-refractivity contribution in [3.05, 3.63) is 41.5 Å². The van der Waals surface area contributed by atoms with Gasteiger partial charge >= 0.3 is 6.03 Å². The Hall–Kier alpha value is -2.37. The monoisotopic (exact) mass is 339 g/mol. The van der Waals surface area contributed by atoms with Gasteiger partial charge in [0.1, 0.15) is 12.2 Å². The lowest BCUT2D eigenvalue weighted by molar-refractivity contribution is 0.190. The first-order valence-electron chi connectivity index (χ1n) is 9.30. The highest BCUT2D eigenvalue weighted by Crippen LogP contribution is 2.27. The van der Waals surface area contributed by atoms with E-state index in [4.69, 9.17) is 0 Å². The molecule has 6 nitrogen and oxygen atoms in total. The first kappa shape index (κ1) is 16.1. The summed E-state index contributed by atoms with van der Waals surface area (Å²) in [7, 11) is 0. The molecule has 1 aliphatic heterocycles. The van der Waals surface area contributed by atoms with Crippen molar-refractivity contribution in [2.75, 3.05) is 18.4 Å². The number of likely N-dealkylation sites (tertiary alicyclic amines) is 1. The van der Waals surface area contributed by atoms with Gasteiger partial charge in [-0.15, -0.1) is 10.2 Å². The minimum absolute atomic E-state index is 0.00906. The van der Waals surface area contributed by atoms with Crippen LogP contribution in [0.25, 0.3) is 0 Å². The Morgan fingerprint density at radius 2 is 2.16 bits per heavy atom. The van der Waals surface area contributed by atoms with E-state index in [0.717, 1.165) is 50.3 Å². The van der Waals surface area contributed by atoms with Crippen LogP contribution in [-0.2, 0) is 19.4 Å². The van der Waals surface area contributed by atoms with Gasteiger partial charge in [0.25, 0.3) is 0 Å². The van der Waals surface area contributed by atoms with Crippen molar-refractivity contribution >= 4 is 11.7 Å². The third-order valence-corrected chi connectivity index (χ3v) is 5.41. The number of hydrogen-bond donors (Lipinski definition) is 1. The predicted molar refractivity (Wildman–Crippen MR) is 96.7 cm³/mol. The van der Waals surface area contributed by atoms with Gasteiger partial charge in [-0.3, -0.25) is 0 Å². The third-order valence-electron chi connectivity index (χ3n) is 5.41. The topological polar surface area (TPSA) is 63.1 Å². The normalized spacial score (nSPS) is 19.7. The van der Waals surface area contributed by atoms with Crippen molar-refractivity contribution in [1.29, 1.82) is 0 Å². The second-order valence-electron chi connectivity index (χ2n) is 7.03. The van der Waals surface area contributed by atoms with Crippen LogP contribution in [0.4, 0.5) is 10.5 Å². The maximum absolute atomic E-state index is 12.7. The number of fused-ring (bicyclic) bond motifs is 1. The smallest absolute Gasteiger partial charge is 0.321 e. The van der Waals surface area contributed by atoms with Crippen molar-refractivity contribution in [1.82, 2.24) is 19.7 Å². The largest absolute Gasteiger partial charge is 0.324 e. The zero-order chi connectivity index (χ0) is 17.2. The Kier molecular flexibility index (Phi) is 4.42. The average molecular weight is 339 g/mol. The number of anilines is 1. The molecule has 4 rings (SSSR count). The molecule has 2 heterocycles. The summed E-state index contributed by atoms with van der Waals surface area (Å²) in [4.78, 5) is 14.6. The minimum Gasteiger partial charge on any atom is -0.324 e. The average Bonchev–Trinajstić information content (AvgIpc) is 3.30. The van der Waals surface area contributed by atoms with E-state index >= 15 is 0 Å². The Morgan fingerprint density at radius 1 is 1.28 bits per heavy atom. The van der Waals surface area contributed by atoms with E-state index in [1.165, 1.54) is 17.5 Å². The maximum Gasteiger partial charge on any atom is 0.321 e. The number of nitrogens with one attached hydrogen (secondary N) is 1. The highest BCUT2D eigenvalue weighted by molar-refractivity contribution is 5.89. The second-order valence-corrected chi connectivity index (χ2v) is 7.03. The summed E-state index contributed by atoms with van der Waals surface area (Å²) >= 11 is 0. The molecule has 0 radical (unpaired) electrons. The molecule has 2 aromatic rings. The molecule has 6 heteroatoms. The highest BCUT2D eigenvalue weighted by atomic mass is 16.2. The number of carbonyl (C=O) groups is 1. The van der Waals surface area contributed by atoms with Crippen LogP contribution >= 0.6 is 0 Å². The lowest BCUT2D eigenvalue weighted by atomic mass is 9.97. The molecule has 1 saturated heterocycles. The van der Waals surface area contributed by atoms with Gasteiger partial charge in [-0.25, -0.2) is 4.79 Å². The van der Waals surface area contributed by atoms with E-state index in [1.807, 2.05) is 11.0 Å². The molecule has 1 N–H and O–H groups in total. The Labute approximate surface area is 148 Å². The van der Waals surface area contributed by atoms with Crippen molar-refractivity contribution < 1.29 is 4.79 Å². The van der Waals surface area contributed by atoms with Crippen LogP contribution in [0.3, 0.4) is 0 Å². The van der Waals surface area contributed by atoms with E-state index in [0.29, 0.717) is 6.54 Å². The van der Waals surface area contributed by atoms with E-state index in [1.54, 1.807) is 6.33 Å². The third kappa shape index (κ3) is 3.25. The van der Waals surface area contributed by atoms with Crippen molar-refractivity contribution in [3.8, 4) is 0 Å². The standard InChI is InChI=1S/C19H25N5O/c1-2-23-13-20-22-18(23)16-7-4-10-24(12-16)19(25)21-17-9-8-14-5-3-6-15(14)11-17/h8-9,11,13,16H,2-7,10,12H2,1H3,(H,21,25)/t16-/m0/s1. The summed E-state index contributed by atoms with van der Waals surface area (Å²) in [6.07, 6.45) is 7.34. The van der Waals surface area contributed by atoms with Gasteiger partial charge in [0.15, 0.2) is 0 Å². The van der Waals surface area contributed by atoms with Crippen LogP contribution in [-0.4, -0.2) is 38.8 Å². The molecule has 2 amide bonds. The lowest BCUT2D eigenvalue weighted by Gasteiger charge is -2.32. The molecule has 0 saturated carbocycles. The summed E-state index contributed by atoms with van der Waals surface area (Å²) in [6, 6.07) is 6.30. The fourth-order valence-corrected chi connectivity index (χ4v) is 4.05. The molecular formula is C19H25N5O. The molecule has 25 heavy (non-hydrogen) atoms. The molecule has 1 aliphatic carbocycles. The molecule has 0 spiro atoms. The summed E-state index contributed by atoms with van der Waals surface area (Å²) in [6.45, 7) is 4.46. The maximum atomic E-state index is 12.7. The molecule has 1 atom stereocenters. The number of urea groups is 1. The van der Waals surface area contributed by atoms with Crippen LogP contribution < -0.4 is 5.32 Å². The molecule has 1 aromatic heterocycles. The number of benzene rings is 1. The molecule has 1 fully saturated rings. The number of carbonyl (C=O) groups excluding carboxylic acids is 1. The van der Waals surface area contributed by atoms with Gasteiger partial charge < -0.3 is 14.8 Å². The van der Waals surface area contributed by atoms with E-state index in [9.17, 15) is 4.79 Å². The Bertz CT molecular complexity index is 769. The zero-order valence-electron chi connectivity index (χ0n) is 14.7. The summed E-state index contributed by atoms with van der Waals surface area (Å²) < 4.78 is 2.08. The van der Waals surface area contributed by atoms with E-state index in [2.05, 4.69) is 39.1 Å². The van der Waals surface area contributed by atoms with Gasteiger partial charge in [0, 0.05) is 31.2 Å². The number of nitrogens with zero attached hydrogens (tertiary/aromatic N) is 4. The lowest BCUT2D eigenvalue weighted by Crippen LogP contribution is -2.42. The fourth-order valence-electron chi connectivity index (χ4n) is 4.05. The quantitative estimate of drug-likeness (QED) is 0.934. The zero-order valence-corrected chi connectivity index (χ0v) is 14.7. The van der Waals surface area contributed by atoms with Crippen molar-refractivity contribution in [2.24, 2.45) is 0 Å². The second kappa shape index (κ2) is 6.86. The molecule has 132 valence electrons. The number of aromatic nitrogens is 3. The first-order valence-corrected chi connectivity index (χ1v) is 9.30. The Morgan fingerprint density at radius 3 is 3.04 bits per heavy atom. The van der Waals surface area contributed by atoms with Crippen LogP contribution in [0, 0.1) is 0 Å². The molecule has 0 unspecified atom stereocenters. The van der Waals surface area contributed by atoms with Crippen molar-refractivity contribution in [3.63, 3.8) is 0 Å². The SMILES string of the molecule is CCn1cnnc1[C@H]1CCCN(C(=O)Nc2ccc3c(c2)CCC3)C1. The van der Waals surface area contributed by atoms with Gasteiger partial charge in [-0.2, -0.15) is 0 Å². The highest BCUT2D eigenvalue weighted by Gasteiger charge is 2.28. The summed E-state index contributed by atoms with van der Waals surface area (Å²) in [5.41, 5.74) is 3.71. The minimum atomic E-state index is -0.00906. The molecular weight excluding hydrogens is 314 g/mol. The van der Waals surface area contributed by atoms with Crippen LogP contribution in [0.1, 0.15) is 49.1 Å². The molecule has 0 bridgehead atoms. The number of rotatable bonds is 3. The Balaban J connectivity index is 1.43. The molecule has 2 aliphatic rings. The van der Waals surface area contributed by atoms with E-state index in [-0.39, 0.29) is 11.9 Å². The predicted octanol–water partition coefficient (Wildman–Crippen LogP) is 3.20. The number of aryl methyl sites for hydroxylation is 3. The first-order chi connectivity index (χ1) is 12.2. The van der Waals surface area contributed by atoms with Gasteiger partial charge in [0.2, 0.25) is 0 Å². The number of amides is 2. The van der Waals surface area contributed by atoms with Crippen LogP contribution in [0.5, 0.6) is 0 Å². The van der Waals surface area contributed by atoms with Gasteiger partial charge in [-0.1, -0.05) is 6.07 Å². The van der Waals surface area contributed by atoms with E-state index < -0.39 is 0 Å². The number of piperidine rings is 1. The fraction of sp³-hybridized carbons (Fsp3) is 0.526.